The molecule has 0 heterocycles. The standard InChI is InChI=1S/C14H13NO2/c1-10-3-6-12(7-4-10)13-9-11(2)5-8-14(13)15(16)17/h3-9H,1-2H3. The molecule has 0 fully saturated rings. The zero-order valence-corrected chi connectivity index (χ0v) is 9.81. The predicted molar refractivity (Wildman–Crippen MR) is 68.0 cm³/mol. The van der Waals surface area contributed by atoms with Gasteiger partial charge >= 0.3 is 0 Å². The molecule has 2 aromatic carbocycles. The van der Waals surface area contributed by atoms with Crippen molar-refractivity contribution >= 4 is 5.69 Å². The van der Waals surface area contributed by atoms with Gasteiger partial charge in [0.15, 0.2) is 0 Å². The zero-order valence-electron chi connectivity index (χ0n) is 9.81. The topological polar surface area (TPSA) is 43.1 Å². The maximum absolute atomic E-state index is 11.0. The van der Waals surface area contributed by atoms with Crippen LogP contribution in [-0.4, -0.2) is 4.92 Å². The lowest BCUT2D eigenvalue weighted by molar-refractivity contribution is -0.384. The molecule has 0 aliphatic heterocycles. The maximum Gasteiger partial charge on any atom is 0.277 e. The molecule has 0 aliphatic rings. The number of nitrogens with zero attached hydrogens (tertiary/aromatic N) is 1. The molecule has 0 spiro atoms. The van der Waals surface area contributed by atoms with Crippen LogP contribution in [0.1, 0.15) is 11.1 Å². The first kappa shape index (κ1) is 11.3. The summed E-state index contributed by atoms with van der Waals surface area (Å²) in [6.45, 7) is 3.93. The molecule has 0 amide bonds. The van der Waals surface area contributed by atoms with Crippen LogP contribution in [0.15, 0.2) is 42.5 Å². The van der Waals surface area contributed by atoms with E-state index in [1.54, 1.807) is 12.1 Å². The van der Waals surface area contributed by atoms with Crippen molar-refractivity contribution in [1.29, 1.82) is 0 Å². The number of aryl methyl sites for hydroxylation is 2. The van der Waals surface area contributed by atoms with Crippen LogP contribution in [0.4, 0.5) is 5.69 Å². The second-order valence-corrected chi connectivity index (χ2v) is 4.14. The van der Waals surface area contributed by atoms with Crippen molar-refractivity contribution in [3.05, 3.63) is 63.7 Å². The maximum atomic E-state index is 11.0. The van der Waals surface area contributed by atoms with Gasteiger partial charge in [0.25, 0.3) is 5.69 Å². The van der Waals surface area contributed by atoms with Crippen molar-refractivity contribution in [1.82, 2.24) is 0 Å². The summed E-state index contributed by atoms with van der Waals surface area (Å²) in [5, 5.41) is 11.0. The van der Waals surface area contributed by atoms with Crippen LogP contribution in [0.3, 0.4) is 0 Å². The summed E-state index contributed by atoms with van der Waals surface area (Å²) in [6.07, 6.45) is 0. The Kier molecular flexibility index (Phi) is 2.91. The Morgan fingerprint density at radius 3 is 2.12 bits per heavy atom. The Labute approximate surface area is 99.9 Å². The molecule has 86 valence electrons. The van der Waals surface area contributed by atoms with E-state index < -0.39 is 0 Å². The van der Waals surface area contributed by atoms with Crippen LogP contribution in [0.2, 0.25) is 0 Å². The van der Waals surface area contributed by atoms with Gasteiger partial charge in [-0.25, -0.2) is 0 Å². The third-order valence-electron chi connectivity index (χ3n) is 2.71. The van der Waals surface area contributed by atoms with E-state index in [1.165, 1.54) is 0 Å². The first-order valence-electron chi connectivity index (χ1n) is 5.40. The normalized spacial score (nSPS) is 10.2. The molecule has 0 radical (unpaired) electrons. The Morgan fingerprint density at radius 1 is 0.941 bits per heavy atom. The largest absolute Gasteiger partial charge is 0.277 e. The van der Waals surface area contributed by atoms with E-state index in [1.807, 2.05) is 44.2 Å². The van der Waals surface area contributed by atoms with Crippen molar-refractivity contribution in [2.24, 2.45) is 0 Å². The number of hydrogen-bond acceptors (Lipinski definition) is 2. The molecule has 0 N–H and O–H groups in total. The molecule has 0 saturated carbocycles. The fraction of sp³-hybridized carbons (Fsp3) is 0.143. The monoisotopic (exact) mass is 227 g/mol. The lowest BCUT2D eigenvalue weighted by Gasteiger charge is -2.05. The highest BCUT2D eigenvalue weighted by Gasteiger charge is 2.14. The van der Waals surface area contributed by atoms with E-state index in [2.05, 4.69) is 0 Å². The van der Waals surface area contributed by atoms with Gasteiger partial charge < -0.3 is 0 Å². The number of nitro groups is 1. The minimum atomic E-state index is -0.339. The van der Waals surface area contributed by atoms with E-state index in [-0.39, 0.29) is 10.6 Å². The van der Waals surface area contributed by atoms with Crippen LogP contribution >= 0.6 is 0 Å². The molecular weight excluding hydrogens is 214 g/mol. The van der Waals surface area contributed by atoms with Gasteiger partial charge in [0.05, 0.1) is 10.5 Å². The summed E-state index contributed by atoms with van der Waals surface area (Å²) in [4.78, 5) is 10.6. The van der Waals surface area contributed by atoms with Crippen molar-refractivity contribution in [3.8, 4) is 11.1 Å². The number of nitro benzene ring substituents is 1. The van der Waals surface area contributed by atoms with Crippen molar-refractivity contribution < 1.29 is 4.92 Å². The van der Waals surface area contributed by atoms with Crippen molar-refractivity contribution in [2.45, 2.75) is 13.8 Å². The fourth-order valence-electron chi connectivity index (χ4n) is 1.77. The smallest absolute Gasteiger partial charge is 0.258 e. The van der Waals surface area contributed by atoms with Gasteiger partial charge in [0.2, 0.25) is 0 Å². The minimum Gasteiger partial charge on any atom is -0.258 e. The zero-order chi connectivity index (χ0) is 12.4. The predicted octanol–water partition coefficient (Wildman–Crippen LogP) is 3.88. The van der Waals surface area contributed by atoms with E-state index in [9.17, 15) is 10.1 Å². The summed E-state index contributed by atoms with van der Waals surface area (Å²) in [5.41, 5.74) is 3.87. The highest BCUT2D eigenvalue weighted by atomic mass is 16.6. The van der Waals surface area contributed by atoms with Crippen molar-refractivity contribution in [3.63, 3.8) is 0 Å². The first-order valence-corrected chi connectivity index (χ1v) is 5.40. The minimum absolute atomic E-state index is 0.152. The third kappa shape index (κ3) is 2.33. The summed E-state index contributed by atoms with van der Waals surface area (Å²) >= 11 is 0. The highest BCUT2D eigenvalue weighted by molar-refractivity contribution is 5.74. The highest BCUT2D eigenvalue weighted by Crippen LogP contribution is 2.30. The summed E-state index contributed by atoms with van der Waals surface area (Å²) in [6, 6.07) is 12.9. The molecule has 2 rings (SSSR count). The Morgan fingerprint density at radius 2 is 1.53 bits per heavy atom. The molecule has 0 saturated heterocycles. The molecule has 3 nitrogen and oxygen atoms in total. The Bertz CT molecular complexity index is 559. The molecule has 3 heteroatoms. The number of hydrogen-bond donors (Lipinski definition) is 0. The van der Waals surface area contributed by atoms with Crippen LogP contribution in [-0.2, 0) is 0 Å². The number of rotatable bonds is 2. The quantitative estimate of drug-likeness (QED) is 0.577. The third-order valence-corrected chi connectivity index (χ3v) is 2.71. The molecule has 0 unspecified atom stereocenters. The summed E-state index contributed by atoms with van der Waals surface area (Å²) < 4.78 is 0. The summed E-state index contributed by atoms with van der Waals surface area (Å²) in [7, 11) is 0. The molecule has 17 heavy (non-hydrogen) atoms. The van der Waals surface area contributed by atoms with Crippen LogP contribution in [0.5, 0.6) is 0 Å². The van der Waals surface area contributed by atoms with Gasteiger partial charge in [-0.2, -0.15) is 0 Å². The molecule has 0 aliphatic carbocycles. The van der Waals surface area contributed by atoms with Crippen molar-refractivity contribution in [2.75, 3.05) is 0 Å². The average Bonchev–Trinajstić information content (AvgIpc) is 2.29. The Balaban J connectivity index is 2.60. The fourth-order valence-corrected chi connectivity index (χ4v) is 1.77. The average molecular weight is 227 g/mol. The molecule has 0 aromatic heterocycles. The van der Waals surface area contributed by atoms with Gasteiger partial charge in [0, 0.05) is 6.07 Å². The summed E-state index contributed by atoms with van der Waals surface area (Å²) in [5.74, 6) is 0. The molecule has 0 atom stereocenters. The lowest BCUT2D eigenvalue weighted by atomic mass is 10.0. The molecule has 2 aromatic rings. The van der Waals surface area contributed by atoms with Gasteiger partial charge in [-0.3, -0.25) is 10.1 Å². The van der Waals surface area contributed by atoms with Gasteiger partial charge in [-0.15, -0.1) is 0 Å². The first-order chi connectivity index (χ1) is 8.08. The van der Waals surface area contributed by atoms with Gasteiger partial charge in [0.1, 0.15) is 0 Å². The second kappa shape index (κ2) is 4.37. The van der Waals surface area contributed by atoms with E-state index in [4.69, 9.17) is 0 Å². The van der Waals surface area contributed by atoms with Crippen LogP contribution < -0.4 is 0 Å². The van der Waals surface area contributed by atoms with E-state index >= 15 is 0 Å². The number of benzene rings is 2. The van der Waals surface area contributed by atoms with Crippen LogP contribution in [0.25, 0.3) is 11.1 Å². The van der Waals surface area contributed by atoms with E-state index in [0.29, 0.717) is 5.56 Å². The van der Waals surface area contributed by atoms with Gasteiger partial charge in [-0.1, -0.05) is 41.5 Å². The second-order valence-electron chi connectivity index (χ2n) is 4.14. The Hall–Kier alpha value is -2.16. The van der Waals surface area contributed by atoms with E-state index in [0.717, 1.165) is 16.7 Å². The van der Waals surface area contributed by atoms with Gasteiger partial charge in [-0.05, 0) is 25.5 Å². The SMILES string of the molecule is Cc1ccc(-c2cc(C)ccc2[N+](=O)[O-])cc1. The molecular formula is C14H13NO2. The lowest BCUT2D eigenvalue weighted by Crippen LogP contribution is -1.92. The van der Waals surface area contributed by atoms with Crippen LogP contribution in [0, 0.1) is 24.0 Å². The molecule has 0 bridgehead atoms.